The average Bonchev–Trinajstić information content (AvgIpc) is 3.34. The van der Waals surface area contributed by atoms with Crippen LogP contribution in [0.3, 0.4) is 0 Å². The Kier molecular flexibility index (Phi) is 9.39. The number of carboxylic acids is 1. The number of benzene rings is 1. The standard InChI is InChI=1S/C21H28N2O4S2.C2HF3O2/c1-26-12-11-23-16-21(7-9-22(10-8-21)14-18-6-13-28-15-18)17-27-19-4-2-3-5-20(19)29(23,24)25;3-2(4,5)1(6)7/h2-6,13,15H,7-12,14,16-17H2,1H3;(H,6,7). The fourth-order valence-electron chi connectivity index (χ4n) is 4.18. The van der Waals surface area contributed by atoms with Gasteiger partial charge in [0.1, 0.15) is 10.6 Å². The summed E-state index contributed by atoms with van der Waals surface area (Å²) < 4.78 is 71.4. The van der Waals surface area contributed by atoms with E-state index in [1.165, 1.54) is 5.56 Å². The lowest BCUT2D eigenvalue weighted by molar-refractivity contribution is -0.192. The van der Waals surface area contributed by atoms with E-state index >= 15 is 0 Å². The van der Waals surface area contributed by atoms with Crippen molar-refractivity contribution in [2.45, 2.75) is 30.5 Å². The van der Waals surface area contributed by atoms with Crippen molar-refractivity contribution in [3.05, 3.63) is 46.7 Å². The third-order valence-corrected chi connectivity index (χ3v) is 8.82. The van der Waals surface area contributed by atoms with Gasteiger partial charge in [-0.25, -0.2) is 13.2 Å². The summed E-state index contributed by atoms with van der Waals surface area (Å²) in [5.74, 6) is -2.30. The Morgan fingerprint density at radius 3 is 2.47 bits per heavy atom. The number of alkyl halides is 3. The molecule has 13 heteroatoms. The molecule has 200 valence electrons. The van der Waals surface area contributed by atoms with Crippen molar-refractivity contribution in [3.63, 3.8) is 0 Å². The van der Waals surface area contributed by atoms with Gasteiger partial charge in [0.25, 0.3) is 0 Å². The molecule has 8 nitrogen and oxygen atoms in total. The topological polar surface area (TPSA) is 96.4 Å². The molecule has 1 spiro atoms. The number of hydrogen-bond donors (Lipinski definition) is 1. The van der Waals surface area contributed by atoms with E-state index < -0.39 is 22.2 Å². The van der Waals surface area contributed by atoms with Crippen molar-refractivity contribution < 1.29 is 41.0 Å². The van der Waals surface area contributed by atoms with Crippen molar-refractivity contribution >= 4 is 27.3 Å². The molecule has 4 rings (SSSR count). The molecule has 36 heavy (non-hydrogen) atoms. The molecule has 0 atom stereocenters. The molecule has 2 aliphatic rings. The quantitative estimate of drug-likeness (QED) is 0.607. The first-order chi connectivity index (χ1) is 17.0. The second-order valence-corrected chi connectivity index (χ2v) is 11.5. The molecular weight excluding hydrogens is 521 g/mol. The highest BCUT2D eigenvalue weighted by molar-refractivity contribution is 7.89. The molecule has 1 aromatic heterocycles. The SMILES string of the molecule is COCCN1CC2(CCN(Cc3ccsc3)CC2)COc2ccccc2S1(=O)=O.O=C(O)C(F)(F)F. The van der Waals surface area contributed by atoms with Gasteiger partial charge >= 0.3 is 12.1 Å². The van der Waals surface area contributed by atoms with Crippen LogP contribution in [0.2, 0.25) is 0 Å². The zero-order chi connectivity index (χ0) is 26.4. The van der Waals surface area contributed by atoms with E-state index in [1.54, 1.807) is 41.0 Å². The second-order valence-electron chi connectivity index (χ2n) is 8.78. The lowest BCUT2D eigenvalue weighted by Crippen LogP contribution is -2.51. The van der Waals surface area contributed by atoms with Crippen molar-refractivity contribution in [2.75, 3.05) is 46.5 Å². The maximum absolute atomic E-state index is 13.4. The van der Waals surface area contributed by atoms with Crippen LogP contribution >= 0.6 is 11.3 Å². The van der Waals surface area contributed by atoms with Gasteiger partial charge in [-0.05, 0) is 60.5 Å². The van der Waals surface area contributed by atoms with E-state index in [1.807, 2.05) is 6.07 Å². The Hall–Kier alpha value is -2.19. The fraction of sp³-hybridized carbons (Fsp3) is 0.522. The highest BCUT2D eigenvalue weighted by Crippen LogP contribution is 2.39. The van der Waals surface area contributed by atoms with E-state index in [9.17, 15) is 21.6 Å². The maximum Gasteiger partial charge on any atom is 0.490 e. The minimum Gasteiger partial charge on any atom is -0.492 e. The number of thiophene rings is 1. The molecule has 0 radical (unpaired) electrons. The van der Waals surface area contributed by atoms with Crippen molar-refractivity contribution in [1.82, 2.24) is 9.21 Å². The Morgan fingerprint density at radius 1 is 1.22 bits per heavy atom. The Bertz CT molecular complexity index is 1100. The number of sulfonamides is 1. The molecular formula is C23H29F3N2O6S2. The Labute approximate surface area is 212 Å². The van der Waals surface area contributed by atoms with Crippen molar-refractivity contribution in [1.29, 1.82) is 0 Å². The third-order valence-electron chi connectivity index (χ3n) is 6.20. The number of carboxylic acid groups (broad SMARTS) is 1. The second kappa shape index (κ2) is 11.9. The number of piperidine rings is 1. The van der Waals surface area contributed by atoms with Gasteiger partial charge in [0, 0.05) is 32.2 Å². The first kappa shape index (κ1) is 28.4. The van der Waals surface area contributed by atoms with E-state index in [2.05, 4.69) is 21.7 Å². The van der Waals surface area contributed by atoms with Crippen LogP contribution in [0.1, 0.15) is 18.4 Å². The van der Waals surface area contributed by atoms with Gasteiger partial charge in [0.05, 0.1) is 13.2 Å². The van der Waals surface area contributed by atoms with Crippen LogP contribution in [-0.2, 0) is 26.1 Å². The number of aliphatic carboxylic acids is 1. The largest absolute Gasteiger partial charge is 0.492 e. The number of ether oxygens (including phenoxy) is 2. The maximum atomic E-state index is 13.4. The first-order valence-corrected chi connectivity index (χ1v) is 13.6. The molecule has 0 bridgehead atoms. The predicted molar refractivity (Wildman–Crippen MR) is 128 cm³/mol. The first-order valence-electron chi connectivity index (χ1n) is 11.2. The minimum absolute atomic E-state index is 0.181. The smallest absolute Gasteiger partial charge is 0.490 e. The van der Waals surface area contributed by atoms with Gasteiger partial charge in [0.15, 0.2) is 0 Å². The van der Waals surface area contributed by atoms with E-state index in [0.717, 1.165) is 32.5 Å². The van der Waals surface area contributed by atoms with Crippen molar-refractivity contribution in [3.8, 4) is 5.75 Å². The molecule has 0 aliphatic carbocycles. The van der Waals surface area contributed by atoms with E-state index in [4.69, 9.17) is 19.4 Å². The molecule has 1 N–H and O–H groups in total. The van der Waals surface area contributed by atoms with Gasteiger partial charge in [0.2, 0.25) is 10.0 Å². The van der Waals surface area contributed by atoms with Gasteiger partial charge < -0.3 is 14.6 Å². The number of likely N-dealkylation sites (tertiary alicyclic amines) is 1. The number of para-hydroxylation sites is 1. The Balaban J connectivity index is 0.000000454. The average molecular weight is 551 g/mol. The number of carbonyl (C=O) groups is 1. The zero-order valence-corrected chi connectivity index (χ0v) is 21.4. The number of nitrogens with zero attached hydrogens (tertiary/aromatic N) is 2. The summed E-state index contributed by atoms with van der Waals surface area (Å²) in [5, 5.41) is 11.4. The summed E-state index contributed by atoms with van der Waals surface area (Å²) in [6.07, 6.45) is -3.25. The lowest BCUT2D eigenvalue weighted by atomic mass is 9.78. The summed E-state index contributed by atoms with van der Waals surface area (Å²) in [7, 11) is -2.03. The number of halogens is 3. The molecule has 0 amide bonds. The van der Waals surface area contributed by atoms with Crippen molar-refractivity contribution in [2.24, 2.45) is 5.41 Å². The summed E-state index contributed by atoms with van der Waals surface area (Å²) in [6, 6.07) is 9.13. The van der Waals surface area contributed by atoms with E-state index in [0.29, 0.717) is 32.1 Å². The van der Waals surface area contributed by atoms with Crippen LogP contribution < -0.4 is 4.74 Å². The van der Waals surface area contributed by atoms with Gasteiger partial charge in [-0.1, -0.05) is 12.1 Å². The minimum atomic E-state index is -5.08. The van der Waals surface area contributed by atoms with Crippen LogP contribution in [-0.4, -0.2) is 81.4 Å². The van der Waals surface area contributed by atoms with Crippen LogP contribution in [0, 0.1) is 5.41 Å². The van der Waals surface area contributed by atoms with Gasteiger partial charge in [-0.3, -0.25) is 4.90 Å². The van der Waals surface area contributed by atoms with Crippen LogP contribution in [0.15, 0.2) is 46.0 Å². The molecule has 2 aliphatic heterocycles. The molecule has 0 saturated carbocycles. The predicted octanol–water partition coefficient (Wildman–Crippen LogP) is 3.69. The number of rotatable bonds is 5. The molecule has 3 heterocycles. The summed E-state index contributed by atoms with van der Waals surface area (Å²) in [6.45, 7) is 4.58. The van der Waals surface area contributed by atoms with Gasteiger partial charge in [-0.15, -0.1) is 0 Å². The van der Waals surface area contributed by atoms with E-state index in [-0.39, 0.29) is 10.3 Å². The summed E-state index contributed by atoms with van der Waals surface area (Å²) in [5.41, 5.74) is 1.16. The number of methoxy groups -OCH3 is 1. The molecule has 1 aromatic carbocycles. The number of fused-ring (bicyclic) bond motifs is 1. The molecule has 1 fully saturated rings. The Morgan fingerprint density at radius 2 is 1.89 bits per heavy atom. The molecule has 0 unspecified atom stereocenters. The summed E-state index contributed by atoms with van der Waals surface area (Å²) in [4.78, 5) is 11.6. The van der Waals surface area contributed by atoms with Crippen LogP contribution in [0.5, 0.6) is 5.75 Å². The highest BCUT2D eigenvalue weighted by Gasteiger charge is 2.42. The molecule has 2 aromatic rings. The lowest BCUT2D eigenvalue weighted by Gasteiger charge is -2.45. The molecule has 1 saturated heterocycles. The van der Waals surface area contributed by atoms with Gasteiger partial charge in [-0.2, -0.15) is 28.8 Å². The fourth-order valence-corrected chi connectivity index (χ4v) is 6.51. The monoisotopic (exact) mass is 550 g/mol. The van der Waals surface area contributed by atoms with Crippen LogP contribution in [0.25, 0.3) is 0 Å². The number of hydrogen-bond acceptors (Lipinski definition) is 7. The zero-order valence-electron chi connectivity index (χ0n) is 19.7. The summed E-state index contributed by atoms with van der Waals surface area (Å²) >= 11 is 1.72. The normalized spacial score (nSPS) is 19.8. The third kappa shape index (κ3) is 7.19. The van der Waals surface area contributed by atoms with Crippen LogP contribution in [0.4, 0.5) is 13.2 Å². The highest BCUT2D eigenvalue weighted by atomic mass is 32.2.